The van der Waals surface area contributed by atoms with E-state index in [2.05, 4.69) is 0 Å². The van der Waals surface area contributed by atoms with Crippen LogP contribution < -0.4 is 0 Å². The SMILES string of the molecule is Cc1cc(S(=O)(=O)O)c(O)c(C)c1C. The number of phenols is 1. The molecule has 1 aromatic carbocycles. The smallest absolute Gasteiger partial charge is 0.298 e. The summed E-state index contributed by atoms with van der Waals surface area (Å²) in [7, 11) is -4.35. The van der Waals surface area contributed by atoms with Gasteiger partial charge in [-0.2, -0.15) is 8.42 Å². The molecule has 14 heavy (non-hydrogen) atoms. The quantitative estimate of drug-likeness (QED) is 0.699. The molecule has 0 amide bonds. The Labute approximate surface area is 82.9 Å². The molecule has 0 radical (unpaired) electrons. The van der Waals surface area contributed by atoms with Crippen molar-refractivity contribution >= 4 is 10.1 Å². The van der Waals surface area contributed by atoms with Crippen molar-refractivity contribution in [3.8, 4) is 5.75 Å². The number of aryl methyl sites for hydroxylation is 1. The predicted molar refractivity (Wildman–Crippen MR) is 52.1 cm³/mol. The first-order chi connectivity index (χ1) is 6.25. The van der Waals surface area contributed by atoms with Gasteiger partial charge in [-0.25, -0.2) is 0 Å². The second kappa shape index (κ2) is 3.25. The zero-order valence-corrected chi connectivity index (χ0v) is 9.01. The molecule has 5 heteroatoms. The van der Waals surface area contributed by atoms with Gasteiger partial charge in [0.1, 0.15) is 10.6 Å². The molecule has 0 aliphatic rings. The lowest BCUT2D eigenvalue weighted by atomic mass is 10.0. The molecule has 0 spiro atoms. The lowest BCUT2D eigenvalue weighted by Crippen LogP contribution is -2.01. The van der Waals surface area contributed by atoms with Crippen LogP contribution >= 0.6 is 0 Å². The summed E-state index contributed by atoms with van der Waals surface area (Å²) in [5, 5.41) is 9.50. The molecule has 0 heterocycles. The third-order valence-electron chi connectivity index (χ3n) is 2.37. The summed E-state index contributed by atoms with van der Waals surface area (Å²) >= 11 is 0. The molecule has 0 aromatic heterocycles. The van der Waals surface area contributed by atoms with Crippen LogP contribution in [-0.2, 0) is 10.1 Å². The van der Waals surface area contributed by atoms with Gasteiger partial charge in [0.15, 0.2) is 0 Å². The van der Waals surface area contributed by atoms with Crippen molar-refractivity contribution in [2.24, 2.45) is 0 Å². The van der Waals surface area contributed by atoms with E-state index in [1.54, 1.807) is 20.8 Å². The Bertz CT molecular complexity index is 474. The van der Waals surface area contributed by atoms with Gasteiger partial charge in [-0.1, -0.05) is 0 Å². The maximum absolute atomic E-state index is 10.9. The van der Waals surface area contributed by atoms with Crippen LogP contribution in [-0.4, -0.2) is 18.1 Å². The molecular weight excluding hydrogens is 204 g/mol. The molecule has 0 fully saturated rings. The van der Waals surface area contributed by atoms with Crippen molar-refractivity contribution in [3.63, 3.8) is 0 Å². The Kier molecular flexibility index (Phi) is 2.56. The van der Waals surface area contributed by atoms with Crippen LogP contribution in [0.2, 0.25) is 0 Å². The van der Waals surface area contributed by atoms with Crippen molar-refractivity contribution in [2.75, 3.05) is 0 Å². The summed E-state index contributed by atoms with van der Waals surface area (Å²) in [6.45, 7) is 5.10. The Morgan fingerprint density at radius 2 is 1.64 bits per heavy atom. The first kappa shape index (κ1) is 11.0. The average Bonchev–Trinajstić information content (AvgIpc) is 2.06. The molecule has 0 aliphatic carbocycles. The van der Waals surface area contributed by atoms with Crippen LogP contribution in [0.15, 0.2) is 11.0 Å². The van der Waals surface area contributed by atoms with E-state index < -0.39 is 15.0 Å². The van der Waals surface area contributed by atoms with E-state index >= 15 is 0 Å². The second-order valence-corrected chi connectivity index (χ2v) is 4.66. The summed E-state index contributed by atoms with van der Waals surface area (Å²) in [5.74, 6) is -0.379. The van der Waals surface area contributed by atoms with Gasteiger partial charge in [0.25, 0.3) is 10.1 Å². The fourth-order valence-corrected chi connectivity index (χ4v) is 1.95. The molecule has 0 saturated carbocycles. The first-order valence-electron chi connectivity index (χ1n) is 4.02. The minimum atomic E-state index is -4.35. The number of benzene rings is 1. The van der Waals surface area contributed by atoms with Crippen LogP contribution in [0.5, 0.6) is 5.75 Å². The average molecular weight is 216 g/mol. The van der Waals surface area contributed by atoms with Gasteiger partial charge < -0.3 is 5.11 Å². The Morgan fingerprint density at radius 1 is 1.14 bits per heavy atom. The highest BCUT2D eigenvalue weighted by Crippen LogP contribution is 2.30. The normalized spacial score (nSPS) is 11.7. The maximum atomic E-state index is 10.9. The highest BCUT2D eigenvalue weighted by molar-refractivity contribution is 7.86. The third-order valence-corrected chi connectivity index (χ3v) is 3.24. The van der Waals surface area contributed by atoms with Crippen molar-refractivity contribution in [1.29, 1.82) is 0 Å². The molecule has 0 aliphatic heterocycles. The summed E-state index contributed by atoms with van der Waals surface area (Å²) < 4.78 is 30.6. The standard InChI is InChI=1S/C9H12O4S/c1-5-4-8(14(11,12)13)9(10)7(3)6(5)2/h4,10H,1-3H3,(H,11,12,13). The Hall–Kier alpha value is -1.07. The zero-order valence-electron chi connectivity index (χ0n) is 8.20. The maximum Gasteiger partial charge on any atom is 0.298 e. The minimum Gasteiger partial charge on any atom is -0.506 e. The Balaban J connectivity index is 3.66. The van der Waals surface area contributed by atoms with Gasteiger partial charge in [-0.15, -0.1) is 0 Å². The molecule has 0 atom stereocenters. The number of phenolic OH excluding ortho intramolecular Hbond substituents is 1. The van der Waals surface area contributed by atoms with E-state index in [1.165, 1.54) is 6.07 Å². The van der Waals surface area contributed by atoms with Crippen LogP contribution in [0.3, 0.4) is 0 Å². The first-order valence-corrected chi connectivity index (χ1v) is 5.46. The Morgan fingerprint density at radius 3 is 2.07 bits per heavy atom. The molecule has 1 aromatic rings. The fourth-order valence-electron chi connectivity index (χ4n) is 1.23. The van der Waals surface area contributed by atoms with E-state index in [9.17, 15) is 13.5 Å². The monoisotopic (exact) mass is 216 g/mol. The summed E-state index contributed by atoms with van der Waals surface area (Å²) in [4.78, 5) is -0.432. The highest BCUT2D eigenvalue weighted by atomic mass is 32.2. The van der Waals surface area contributed by atoms with Crippen LogP contribution in [0.25, 0.3) is 0 Å². The third kappa shape index (κ3) is 1.73. The van der Waals surface area contributed by atoms with Gasteiger partial charge in [-0.3, -0.25) is 4.55 Å². The summed E-state index contributed by atoms with van der Waals surface area (Å²) in [6.07, 6.45) is 0. The van der Waals surface area contributed by atoms with Crippen molar-refractivity contribution in [3.05, 3.63) is 22.8 Å². The van der Waals surface area contributed by atoms with E-state index in [1.807, 2.05) is 0 Å². The number of aromatic hydroxyl groups is 1. The predicted octanol–water partition coefficient (Wildman–Crippen LogP) is 1.56. The number of hydrogen-bond acceptors (Lipinski definition) is 3. The molecular formula is C9H12O4S. The van der Waals surface area contributed by atoms with Crippen LogP contribution in [0.4, 0.5) is 0 Å². The minimum absolute atomic E-state index is 0.379. The van der Waals surface area contributed by atoms with Crippen LogP contribution in [0, 0.1) is 20.8 Å². The second-order valence-electron chi connectivity index (χ2n) is 3.27. The molecule has 0 saturated heterocycles. The van der Waals surface area contributed by atoms with Gasteiger partial charge >= 0.3 is 0 Å². The van der Waals surface area contributed by atoms with E-state index in [4.69, 9.17) is 4.55 Å². The van der Waals surface area contributed by atoms with E-state index in [0.717, 1.165) is 5.56 Å². The van der Waals surface area contributed by atoms with Gasteiger partial charge in [-0.05, 0) is 43.5 Å². The molecule has 0 bridgehead atoms. The lowest BCUT2D eigenvalue weighted by molar-refractivity contribution is 0.439. The van der Waals surface area contributed by atoms with Crippen molar-refractivity contribution in [2.45, 2.75) is 25.7 Å². The number of rotatable bonds is 1. The molecule has 1 rings (SSSR count). The topological polar surface area (TPSA) is 74.6 Å². The molecule has 0 unspecified atom stereocenters. The molecule has 4 nitrogen and oxygen atoms in total. The largest absolute Gasteiger partial charge is 0.506 e. The van der Waals surface area contributed by atoms with E-state index in [-0.39, 0.29) is 5.75 Å². The van der Waals surface area contributed by atoms with E-state index in [0.29, 0.717) is 11.1 Å². The van der Waals surface area contributed by atoms with Crippen molar-refractivity contribution in [1.82, 2.24) is 0 Å². The number of hydrogen-bond donors (Lipinski definition) is 2. The van der Waals surface area contributed by atoms with Gasteiger partial charge in [0.05, 0.1) is 0 Å². The molecule has 2 N–H and O–H groups in total. The van der Waals surface area contributed by atoms with Crippen LogP contribution in [0.1, 0.15) is 16.7 Å². The summed E-state index contributed by atoms with van der Waals surface area (Å²) in [6, 6.07) is 1.26. The molecule has 78 valence electrons. The van der Waals surface area contributed by atoms with Crippen molar-refractivity contribution < 1.29 is 18.1 Å². The summed E-state index contributed by atoms with van der Waals surface area (Å²) in [5.41, 5.74) is 2.00. The zero-order chi connectivity index (χ0) is 11.1. The fraction of sp³-hybridized carbons (Fsp3) is 0.333. The lowest BCUT2D eigenvalue weighted by Gasteiger charge is -2.10. The highest BCUT2D eigenvalue weighted by Gasteiger charge is 2.19. The van der Waals surface area contributed by atoms with Gasteiger partial charge in [0.2, 0.25) is 0 Å². The van der Waals surface area contributed by atoms with Gasteiger partial charge in [0, 0.05) is 0 Å².